The fourth-order valence-electron chi connectivity index (χ4n) is 2.39. The zero-order valence-electron chi connectivity index (χ0n) is 13.1. The van der Waals surface area contributed by atoms with Crippen LogP contribution in [0.15, 0.2) is 12.4 Å². The van der Waals surface area contributed by atoms with E-state index >= 15 is 0 Å². The number of aromatic nitrogens is 2. The van der Waals surface area contributed by atoms with Crippen molar-refractivity contribution in [3.63, 3.8) is 0 Å². The lowest BCUT2D eigenvalue weighted by Crippen LogP contribution is -2.50. The van der Waals surface area contributed by atoms with Gasteiger partial charge in [0.05, 0.1) is 5.60 Å². The minimum atomic E-state index is -0.111. The Kier molecular flexibility index (Phi) is 6.52. The van der Waals surface area contributed by atoms with Gasteiger partial charge < -0.3 is 14.6 Å². The van der Waals surface area contributed by atoms with Crippen molar-refractivity contribution in [2.75, 3.05) is 13.7 Å². The molecule has 4 heteroatoms. The first kappa shape index (κ1) is 16.2. The molecule has 0 aliphatic rings. The fourth-order valence-corrected chi connectivity index (χ4v) is 2.39. The second kappa shape index (κ2) is 7.65. The van der Waals surface area contributed by atoms with Crippen LogP contribution < -0.4 is 5.32 Å². The minimum absolute atomic E-state index is 0.111. The summed E-state index contributed by atoms with van der Waals surface area (Å²) in [5.41, 5.74) is -0.111. The van der Waals surface area contributed by atoms with Gasteiger partial charge in [-0.15, -0.1) is 0 Å². The molecule has 2 atom stereocenters. The van der Waals surface area contributed by atoms with Gasteiger partial charge in [0.25, 0.3) is 0 Å². The largest absolute Gasteiger partial charge is 0.377 e. The Balaban J connectivity index is 2.66. The second-order valence-corrected chi connectivity index (χ2v) is 5.37. The van der Waals surface area contributed by atoms with Crippen LogP contribution in [0.25, 0.3) is 0 Å². The summed E-state index contributed by atoms with van der Waals surface area (Å²) in [6.45, 7) is 7.60. The van der Waals surface area contributed by atoms with Crippen molar-refractivity contribution in [2.45, 2.75) is 58.1 Å². The van der Waals surface area contributed by atoms with Crippen molar-refractivity contribution in [3.05, 3.63) is 18.2 Å². The first-order valence-electron chi connectivity index (χ1n) is 7.32. The molecule has 0 bridgehead atoms. The maximum atomic E-state index is 5.76. The van der Waals surface area contributed by atoms with E-state index in [2.05, 4.69) is 35.6 Å². The zero-order valence-corrected chi connectivity index (χ0v) is 13.1. The first-order valence-corrected chi connectivity index (χ1v) is 7.32. The average molecular weight is 267 g/mol. The van der Waals surface area contributed by atoms with Gasteiger partial charge in [-0.1, -0.05) is 13.8 Å². The van der Waals surface area contributed by atoms with Crippen LogP contribution in [0.4, 0.5) is 0 Å². The Bertz CT molecular complexity index is 358. The van der Waals surface area contributed by atoms with Gasteiger partial charge >= 0.3 is 0 Å². The number of nitrogens with zero attached hydrogens (tertiary/aromatic N) is 2. The van der Waals surface area contributed by atoms with Gasteiger partial charge in [0.2, 0.25) is 0 Å². The van der Waals surface area contributed by atoms with E-state index in [-0.39, 0.29) is 5.60 Å². The van der Waals surface area contributed by atoms with Crippen LogP contribution in [0, 0.1) is 0 Å². The summed E-state index contributed by atoms with van der Waals surface area (Å²) in [7, 11) is 3.86. The third-order valence-electron chi connectivity index (χ3n) is 4.12. The molecule has 1 rings (SSSR count). The molecule has 2 unspecified atom stereocenters. The lowest BCUT2D eigenvalue weighted by Gasteiger charge is -2.36. The van der Waals surface area contributed by atoms with Crippen LogP contribution in [-0.4, -0.2) is 34.8 Å². The lowest BCUT2D eigenvalue weighted by molar-refractivity contribution is -0.0310. The Morgan fingerprint density at radius 2 is 2.21 bits per heavy atom. The third kappa shape index (κ3) is 4.32. The van der Waals surface area contributed by atoms with Crippen LogP contribution >= 0.6 is 0 Å². The van der Waals surface area contributed by atoms with Crippen molar-refractivity contribution >= 4 is 0 Å². The van der Waals surface area contributed by atoms with Crippen molar-refractivity contribution in [2.24, 2.45) is 7.05 Å². The van der Waals surface area contributed by atoms with Crippen molar-refractivity contribution in [1.82, 2.24) is 14.9 Å². The second-order valence-electron chi connectivity index (χ2n) is 5.37. The molecule has 1 N–H and O–H groups in total. The summed E-state index contributed by atoms with van der Waals surface area (Å²) in [6, 6.07) is 0.360. The SMILES string of the molecule is CCCNC(CCc1nccn1C)C(C)(CC)OC. The van der Waals surface area contributed by atoms with Gasteiger partial charge in [-0.2, -0.15) is 0 Å². The summed E-state index contributed by atoms with van der Waals surface area (Å²) >= 11 is 0. The van der Waals surface area contributed by atoms with Gasteiger partial charge in [0.1, 0.15) is 5.82 Å². The highest BCUT2D eigenvalue weighted by molar-refractivity contribution is 4.95. The van der Waals surface area contributed by atoms with Gasteiger partial charge in [-0.25, -0.2) is 4.98 Å². The highest BCUT2D eigenvalue weighted by atomic mass is 16.5. The highest BCUT2D eigenvalue weighted by Crippen LogP contribution is 2.22. The monoisotopic (exact) mass is 267 g/mol. The Hall–Kier alpha value is -0.870. The standard InChI is InChI=1S/C15H29N3O/c1-6-10-16-13(15(3,7-2)19-5)8-9-14-17-11-12-18(14)4/h11-13,16H,6-10H2,1-5H3. The maximum absolute atomic E-state index is 5.76. The molecule has 0 aliphatic carbocycles. The molecule has 110 valence electrons. The van der Waals surface area contributed by atoms with Gasteiger partial charge in [0, 0.05) is 39.0 Å². The summed E-state index contributed by atoms with van der Waals surface area (Å²) in [4.78, 5) is 4.40. The van der Waals surface area contributed by atoms with Crippen LogP contribution in [0.3, 0.4) is 0 Å². The number of hydrogen-bond acceptors (Lipinski definition) is 3. The molecule has 1 heterocycles. The predicted molar refractivity (Wildman–Crippen MR) is 79.3 cm³/mol. The van der Waals surface area contributed by atoms with Gasteiger partial charge in [-0.05, 0) is 32.7 Å². The third-order valence-corrected chi connectivity index (χ3v) is 4.12. The van der Waals surface area contributed by atoms with Gasteiger partial charge in [-0.3, -0.25) is 0 Å². The Morgan fingerprint density at radius 3 is 2.68 bits per heavy atom. The molecular formula is C15H29N3O. The summed E-state index contributed by atoms with van der Waals surface area (Å²) in [5, 5.41) is 3.63. The number of aryl methyl sites for hydroxylation is 2. The number of methoxy groups -OCH3 is 1. The smallest absolute Gasteiger partial charge is 0.108 e. The van der Waals surface area contributed by atoms with Crippen molar-refractivity contribution in [3.8, 4) is 0 Å². The predicted octanol–water partition coefficient (Wildman–Crippen LogP) is 2.54. The molecule has 0 spiro atoms. The normalized spacial score (nSPS) is 16.3. The summed E-state index contributed by atoms with van der Waals surface area (Å²) in [6.07, 6.45) is 8.03. The van der Waals surface area contributed by atoms with Crippen LogP contribution in [0.1, 0.15) is 45.9 Å². The number of ether oxygens (including phenoxy) is 1. The molecule has 0 aliphatic heterocycles. The molecule has 0 aromatic carbocycles. The van der Waals surface area contributed by atoms with E-state index in [4.69, 9.17) is 4.74 Å². The Labute approximate surface area is 117 Å². The quantitative estimate of drug-likeness (QED) is 0.747. The van der Waals surface area contributed by atoms with E-state index in [1.807, 2.05) is 26.6 Å². The van der Waals surface area contributed by atoms with E-state index in [1.165, 1.54) is 0 Å². The molecular weight excluding hydrogens is 238 g/mol. The van der Waals surface area contributed by atoms with E-state index in [0.29, 0.717) is 6.04 Å². The van der Waals surface area contributed by atoms with E-state index in [9.17, 15) is 0 Å². The van der Waals surface area contributed by atoms with Crippen LogP contribution in [0.5, 0.6) is 0 Å². The first-order chi connectivity index (χ1) is 9.07. The van der Waals surface area contributed by atoms with E-state index < -0.39 is 0 Å². The number of hydrogen-bond donors (Lipinski definition) is 1. The molecule has 1 aromatic heterocycles. The molecule has 1 aromatic rings. The Morgan fingerprint density at radius 1 is 1.47 bits per heavy atom. The van der Waals surface area contributed by atoms with Crippen molar-refractivity contribution < 1.29 is 4.74 Å². The molecule has 0 saturated heterocycles. The van der Waals surface area contributed by atoms with Crippen LogP contribution in [0.2, 0.25) is 0 Å². The molecule has 4 nitrogen and oxygen atoms in total. The minimum Gasteiger partial charge on any atom is -0.377 e. The maximum Gasteiger partial charge on any atom is 0.108 e. The van der Waals surface area contributed by atoms with Crippen LogP contribution in [-0.2, 0) is 18.2 Å². The highest BCUT2D eigenvalue weighted by Gasteiger charge is 2.31. The molecule has 0 amide bonds. The molecule has 0 saturated carbocycles. The fraction of sp³-hybridized carbons (Fsp3) is 0.800. The number of rotatable bonds is 9. The van der Waals surface area contributed by atoms with E-state index in [0.717, 1.165) is 38.1 Å². The zero-order chi connectivity index (χ0) is 14.3. The summed E-state index contributed by atoms with van der Waals surface area (Å²) < 4.78 is 7.85. The van der Waals surface area contributed by atoms with Crippen molar-refractivity contribution in [1.29, 1.82) is 0 Å². The summed E-state index contributed by atoms with van der Waals surface area (Å²) in [5.74, 6) is 1.14. The average Bonchev–Trinajstić information content (AvgIpc) is 2.83. The molecule has 0 radical (unpaired) electrons. The number of imidazole rings is 1. The molecule has 19 heavy (non-hydrogen) atoms. The lowest BCUT2D eigenvalue weighted by atomic mass is 9.89. The topological polar surface area (TPSA) is 39.1 Å². The van der Waals surface area contributed by atoms with Gasteiger partial charge in [0.15, 0.2) is 0 Å². The van der Waals surface area contributed by atoms with E-state index in [1.54, 1.807) is 0 Å². The molecule has 0 fully saturated rings. The number of nitrogens with one attached hydrogen (secondary N) is 1.